The number of carbonyl (C=O) groups excluding carboxylic acids is 1. The van der Waals surface area contributed by atoms with Crippen molar-refractivity contribution in [3.05, 3.63) is 71.4 Å². The second-order valence-electron chi connectivity index (χ2n) is 6.97. The predicted octanol–water partition coefficient (Wildman–Crippen LogP) is 3.39. The number of aromatic nitrogens is 3. The Balaban J connectivity index is 1.50. The zero-order valence-electron chi connectivity index (χ0n) is 16.0. The number of imidazole rings is 1. The van der Waals surface area contributed by atoms with Gasteiger partial charge in [0.05, 0.1) is 18.7 Å². The van der Waals surface area contributed by atoms with E-state index < -0.39 is 0 Å². The third-order valence-electron chi connectivity index (χ3n) is 4.97. The van der Waals surface area contributed by atoms with Gasteiger partial charge in [-0.3, -0.25) is 9.78 Å². The number of fused-ring (bicyclic) bond motifs is 1. The standard InChI is InChI=1S/C23H21N3O2/c1-16-3-4-18(13-24-16)6-5-17-7-9-19(10-8-17)21-15-26-14-20(23(27)28-2)11-12-22(26)25-21/h3-4,7-10,13,15,20H,11-12,14H2,1-2H3. The van der Waals surface area contributed by atoms with Crippen molar-refractivity contribution in [3.8, 4) is 23.1 Å². The van der Waals surface area contributed by atoms with Gasteiger partial charge in [-0.15, -0.1) is 0 Å². The Morgan fingerprint density at radius 2 is 1.89 bits per heavy atom. The molecule has 1 unspecified atom stereocenters. The summed E-state index contributed by atoms with van der Waals surface area (Å²) in [5.74, 6) is 7.08. The first-order chi connectivity index (χ1) is 13.6. The number of esters is 1. The van der Waals surface area contributed by atoms with E-state index in [4.69, 9.17) is 9.72 Å². The van der Waals surface area contributed by atoms with Crippen LogP contribution in [0.5, 0.6) is 0 Å². The molecule has 0 saturated carbocycles. The van der Waals surface area contributed by atoms with Gasteiger partial charge in [0.25, 0.3) is 0 Å². The Morgan fingerprint density at radius 1 is 1.14 bits per heavy atom. The summed E-state index contributed by atoms with van der Waals surface area (Å²) < 4.78 is 6.95. The van der Waals surface area contributed by atoms with Crippen LogP contribution in [0.15, 0.2) is 48.8 Å². The molecule has 0 fully saturated rings. The van der Waals surface area contributed by atoms with Crippen LogP contribution in [-0.4, -0.2) is 27.6 Å². The fourth-order valence-corrected chi connectivity index (χ4v) is 3.35. The molecule has 5 heteroatoms. The van der Waals surface area contributed by atoms with Crippen molar-refractivity contribution in [2.45, 2.75) is 26.3 Å². The number of methoxy groups -OCH3 is 1. The van der Waals surface area contributed by atoms with Crippen LogP contribution in [0.3, 0.4) is 0 Å². The Hall–Kier alpha value is -3.39. The first-order valence-corrected chi connectivity index (χ1v) is 9.31. The summed E-state index contributed by atoms with van der Waals surface area (Å²) >= 11 is 0. The molecular formula is C23H21N3O2. The van der Waals surface area contributed by atoms with Crippen LogP contribution in [0, 0.1) is 24.7 Å². The van der Waals surface area contributed by atoms with Gasteiger partial charge in [-0.2, -0.15) is 0 Å². The van der Waals surface area contributed by atoms with Gasteiger partial charge in [0.15, 0.2) is 0 Å². The van der Waals surface area contributed by atoms with Crippen molar-refractivity contribution >= 4 is 5.97 Å². The quantitative estimate of drug-likeness (QED) is 0.512. The van der Waals surface area contributed by atoms with Gasteiger partial charge >= 0.3 is 5.97 Å². The number of aryl methyl sites for hydroxylation is 2. The van der Waals surface area contributed by atoms with E-state index in [1.54, 1.807) is 6.20 Å². The minimum absolute atomic E-state index is 0.0894. The van der Waals surface area contributed by atoms with Gasteiger partial charge in [-0.1, -0.05) is 24.0 Å². The molecule has 1 aliphatic rings. The average molecular weight is 371 g/mol. The molecule has 3 heterocycles. The summed E-state index contributed by atoms with van der Waals surface area (Å²) in [6.45, 7) is 2.59. The van der Waals surface area contributed by atoms with Crippen LogP contribution in [0.25, 0.3) is 11.3 Å². The summed E-state index contributed by atoms with van der Waals surface area (Å²) in [7, 11) is 1.44. The zero-order valence-corrected chi connectivity index (χ0v) is 16.0. The molecule has 5 nitrogen and oxygen atoms in total. The van der Waals surface area contributed by atoms with Crippen molar-refractivity contribution in [3.63, 3.8) is 0 Å². The first-order valence-electron chi connectivity index (χ1n) is 9.31. The van der Waals surface area contributed by atoms with E-state index in [2.05, 4.69) is 21.4 Å². The van der Waals surface area contributed by atoms with Crippen molar-refractivity contribution in [1.29, 1.82) is 0 Å². The highest BCUT2D eigenvalue weighted by atomic mass is 16.5. The molecule has 2 aromatic heterocycles. The van der Waals surface area contributed by atoms with E-state index in [1.807, 2.05) is 49.5 Å². The lowest BCUT2D eigenvalue weighted by molar-refractivity contribution is -0.146. The van der Waals surface area contributed by atoms with Crippen LogP contribution in [-0.2, 0) is 22.5 Å². The van der Waals surface area contributed by atoms with E-state index >= 15 is 0 Å². The van der Waals surface area contributed by atoms with Gasteiger partial charge in [-0.25, -0.2) is 4.98 Å². The molecule has 0 aliphatic carbocycles. The van der Waals surface area contributed by atoms with E-state index in [0.717, 1.165) is 46.7 Å². The number of hydrogen-bond donors (Lipinski definition) is 0. The lowest BCUT2D eigenvalue weighted by atomic mass is 10.00. The van der Waals surface area contributed by atoms with Crippen molar-refractivity contribution in [2.75, 3.05) is 7.11 Å². The summed E-state index contributed by atoms with van der Waals surface area (Å²) in [5, 5.41) is 0. The van der Waals surface area contributed by atoms with Gasteiger partial charge in [0.1, 0.15) is 5.82 Å². The maximum Gasteiger partial charge on any atom is 0.310 e. The fraction of sp³-hybridized carbons (Fsp3) is 0.261. The molecule has 28 heavy (non-hydrogen) atoms. The third kappa shape index (κ3) is 3.81. The molecule has 4 rings (SSSR count). The second-order valence-corrected chi connectivity index (χ2v) is 6.97. The second kappa shape index (κ2) is 7.69. The Kier molecular flexibility index (Phi) is 4.94. The average Bonchev–Trinajstić information content (AvgIpc) is 3.16. The van der Waals surface area contributed by atoms with Crippen LogP contribution in [0.2, 0.25) is 0 Å². The molecule has 0 spiro atoms. The van der Waals surface area contributed by atoms with Gasteiger partial charge in [0, 0.05) is 47.7 Å². The third-order valence-corrected chi connectivity index (χ3v) is 4.97. The molecule has 0 saturated heterocycles. The van der Waals surface area contributed by atoms with Crippen molar-refractivity contribution in [1.82, 2.24) is 14.5 Å². The smallest absolute Gasteiger partial charge is 0.310 e. The Labute approximate surface area is 164 Å². The Morgan fingerprint density at radius 3 is 2.61 bits per heavy atom. The number of pyridine rings is 1. The van der Waals surface area contributed by atoms with Crippen LogP contribution < -0.4 is 0 Å². The summed E-state index contributed by atoms with van der Waals surface area (Å²) in [6, 6.07) is 12.0. The van der Waals surface area contributed by atoms with Crippen molar-refractivity contribution in [2.24, 2.45) is 5.92 Å². The van der Waals surface area contributed by atoms with Crippen LogP contribution in [0.4, 0.5) is 0 Å². The van der Waals surface area contributed by atoms with Gasteiger partial charge < -0.3 is 9.30 Å². The summed E-state index contributed by atoms with van der Waals surface area (Å²) in [4.78, 5) is 20.8. The van der Waals surface area contributed by atoms with Crippen LogP contribution >= 0.6 is 0 Å². The normalized spacial score (nSPS) is 15.3. The van der Waals surface area contributed by atoms with E-state index in [0.29, 0.717) is 6.54 Å². The number of carbonyl (C=O) groups is 1. The minimum Gasteiger partial charge on any atom is -0.469 e. The van der Waals surface area contributed by atoms with Crippen LogP contribution in [0.1, 0.15) is 29.1 Å². The summed E-state index contributed by atoms with van der Waals surface area (Å²) in [6.07, 6.45) is 5.37. The highest BCUT2D eigenvalue weighted by molar-refractivity contribution is 5.72. The van der Waals surface area contributed by atoms with E-state index in [1.165, 1.54) is 7.11 Å². The SMILES string of the molecule is COC(=O)C1CCc2nc(-c3ccc(C#Cc4ccc(C)nc4)cc3)cn2C1. The van der Waals surface area contributed by atoms with E-state index in [-0.39, 0.29) is 11.9 Å². The Bertz CT molecular complexity index is 1050. The highest BCUT2D eigenvalue weighted by Crippen LogP contribution is 2.25. The maximum absolute atomic E-state index is 11.8. The highest BCUT2D eigenvalue weighted by Gasteiger charge is 2.26. The summed E-state index contributed by atoms with van der Waals surface area (Å²) in [5.41, 5.74) is 4.79. The molecule has 0 N–H and O–H groups in total. The molecule has 1 atom stereocenters. The number of nitrogens with zero attached hydrogens (tertiary/aromatic N) is 3. The molecule has 140 valence electrons. The molecule has 0 amide bonds. The minimum atomic E-state index is -0.146. The van der Waals surface area contributed by atoms with E-state index in [9.17, 15) is 4.79 Å². The molecule has 0 bridgehead atoms. The number of ether oxygens (including phenoxy) is 1. The number of benzene rings is 1. The molecule has 1 aliphatic heterocycles. The predicted molar refractivity (Wildman–Crippen MR) is 106 cm³/mol. The number of hydrogen-bond acceptors (Lipinski definition) is 4. The zero-order chi connectivity index (χ0) is 19.5. The fourth-order valence-electron chi connectivity index (χ4n) is 3.35. The monoisotopic (exact) mass is 371 g/mol. The topological polar surface area (TPSA) is 57.0 Å². The first kappa shape index (κ1) is 18.0. The molecule has 0 radical (unpaired) electrons. The van der Waals surface area contributed by atoms with Crippen molar-refractivity contribution < 1.29 is 9.53 Å². The molecular weight excluding hydrogens is 350 g/mol. The number of rotatable bonds is 2. The van der Waals surface area contributed by atoms with Gasteiger partial charge in [-0.05, 0) is 37.6 Å². The van der Waals surface area contributed by atoms with Gasteiger partial charge in [0.2, 0.25) is 0 Å². The lowest BCUT2D eigenvalue weighted by Gasteiger charge is -2.21. The molecule has 1 aromatic carbocycles. The largest absolute Gasteiger partial charge is 0.469 e. The molecule has 3 aromatic rings. The maximum atomic E-state index is 11.8. The lowest BCUT2D eigenvalue weighted by Crippen LogP contribution is -2.27.